The molecule has 2 aromatic rings. The molecule has 2 saturated carbocycles. The van der Waals surface area contributed by atoms with Crippen LogP contribution in [0.5, 0.6) is 0 Å². The molecule has 0 bridgehead atoms. The topological polar surface area (TPSA) is 35.8 Å². The molecule has 3 nitrogen and oxygen atoms in total. The average Bonchev–Trinajstić information content (AvgIpc) is 3.50. The quantitative estimate of drug-likeness (QED) is 0.872. The zero-order valence-electron chi connectivity index (χ0n) is 13.4. The highest BCUT2D eigenvalue weighted by atomic mass is 32.2. The van der Waals surface area contributed by atoms with Crippen LogP contribution in [0.2, 0.25) is 0 Å². The summed E-state index contributed by atoms with van der Waals surface area (Å²) in [4.78, 5) is 3.07. The van der Waals surface area contributed by atoms with Gasteiger partial charge in [0.05, 0.1) is 5.71 Å². The van der Waals surface area contributed by atoms with Gasteiger partial charge in [-0.05, 0) is 54.9 Å². The molecule has 0 radical (unpaired) electrons. The second-order valence-corrected chi connectivity index (χ2v) is 8.25. The highest BCUT2D eigenvalue weighted by Crippen LogP contribution is 2.40. The standard InChI is InChI=1S/C19H19BN2OS/c23-20-18-7-2-1-6-17(18)19(13-8-9-13)21-22(20)14-4-3-5-16(12-14)24-15-10-11-15/h1-7,12-13,15,23H,8-11H2. The fourth-order valence-corrected chi connectivity index (χ4v) is 4.35. The molecule has 5 heteroatoms. The fraction of sp³-hybridized carbons (Fsp3) is 0.316. The van der Waals surface area contributed by atoms with E-state index in [4.69, 9.17) is 5.10 Å². The molecular weight excluding hydrogens is 315 g/mol. The zero-order valence-corrected chi connectivity index (χ0v) is 14.2. The SMILES string of the molecule is OB1c2ccccc2C(C2CC2)=NN1c1cccc(SC2CC2)c1. The Morgan fingerprint density at radius 1 is 1.04 bits per heavy atom. The lowest BCUT2D eigenvalue weighted by Gasteiger charge is -2.30. The molecule has 0 atom stereocenters. The van der Waals surface area contributed by atoms with Crippen LogP contribution in [0.4, 0.5) is 5.69 Å². The predicted octanol–water partition coefficient (Wildman–Crippen LogP) is 3.26. The Morgan fingerprint density at radius 2 is 1.88 bits per heavy atom. The van der Waals surface area contributed by atoms with Gasteiger partial charge in [-0.2, -0.15) is 5.10 Å². The number of hydrazone groups is 1. The van der Waals surface area contributed by atoms with Crippen LogP contribution in [0.1, 0.15) is 31.2 Å². The normalized spacial score (nSPS) is 20.0. The summed E-state index contributed by atoms with van der Waals surface area (Å²) in [5.41, 5.74) is 4.19. The lowest BCUT2D eigenvalue weighted by molar-refractivity contribution is 0.577. The van der Waals surface area contributed by atoms with E-state index in [1.165, 1.54) is 30.6 Å². The fourth-order valence-electron chi connectivity index (χ4n) is 3.25. The number of nitrogens with zero attached hydrogens (tertiary/aromatic N) is 2. The van der Waals surface area contributed by atoms with Gasteiger partial charge in [-0.15, -0.1) is 11.8 Å². The maximum Gasteiger partial charge on any atom is 0.471 e. The van der Waals surface area contributed by atoms with Crippen LogP contribution in [-0.2, 0) is 0 Å². The molecule has 120 valence electrons. The number of hydrogen-bond acceptors (Lipinski definition) is 4. The van der Waals surface area contributed by atoms with E-state index >= 15 is 0 Å². The third-order valence-corrected chi connectivity index (χ3v) is 6.17. The Morgan fingerprint density at radius 3 is 2.67 bits per heavy atom. The number of fused-ring (bicyclic) bond motifs is 1. The van der Waals surface area contributed by atoms with Gasteiger partial charge in [-0.3, -0.25) is 4.92 Å². The molecule has 2 aromatic carbocycles. The Labute approximate surface area is 146 Å². The van der Waals surface area contributed by atoms with Crippen molar-refractivity contribution in [2.75, 3.05) is 4.92 Å². The molecule has 0 amide bonds. The maximum atomic E-state index is 10.9. The highest BCUT2D eigenvalue weighted by molar-refractivity contribution is 8.00. The van der Waals surface area contributed by atoms with Crippen LogP contribution in [0.25, 0.3) is 0 Å². The Hall–Kier alpha value is -1.72. The van der Waals surface area contributed by atoms with Gasteiger partial charge in [-0.25, -0.2) is 0 Å². The summed E-state index contributed by atoms with van der Waals surface area (Å²) in [7, 11) is -0.718. The van der Waals surface area contributed by atoms with Crippen LogP contribution in [-0.4, -0.2) is 23.0 Å². The van der Waals surface area contributed by atoms with E-state index in [0.717, 1.165) is 27.7 Å². The van der Waals surface area contributed by atoms with Crippen LogP contribution >= 0.6 is 11.8 Å². The second kappa shape index (κ2) is 5.68. The van der Waals surface area contributed by atoms with Gasteiger partial charge in [0.25, 0.3) is 0 Å². The largest absolute Gasteiger partial charge is 0.471 e. The minimum Gasteiger partial charge on any atom is -0.427 e. The third kappa shape index (κ3) is 2.66. The predicted molar refractivity (Wildman–Crippen MR) is 101 cm³/mol. The van der Waals surface area contributed by atoms with E-state index in [0.29, 0.717) is 5.92 Å². The number of rotatable bonds is 4. The Balaban J connectivity index is 1.54. The van der Waals surface area contributed by atoms with Gasteiger partial charge in [-0.1, -0.05) is 30.3 Å². The van der Waals surface area contributed by atoms with E-state index < -0.39 is 7.05 Å². The molecule has 0 saturated heterocycles. The van der Waals surface area contributed by atoms with E-state index in [1.54, 1.807) is 4.92 Å². The summed E-state index contributed by atoms with van der Waals surface area (Å²) in [6.07, 6.45) is 5.04. The van der Waals surface area contributed by atoms with Gasteiger partial charge in [0.15, 0.2) is 0 Å². The minimum atomic E-state index is -0.718. The van der Waals surface area contributed by atoms with E-state index in [-0.39, 0.29) is 0 Å². The lowest BCUT2D eigenvalue weighted by atomic mass is 9.68. The van der Waals surface area contributed by atoms with Crippen molar-refractivity contribution in [3.05, 3.63) is 54.1 Å². The third-order valence-electron chi connectivity index (χ3n) is 4.84. The highest BCUT2D eigenvalue weighted by Gasteiger charge is 2.39. The Kier molecular flexibility index (Phi) is 3.46. The molecule has 0 spiro atoms. The first-order valence-corrected chi connectivity index (χ1v) is 9.59. The van der Waals surface area contributed by atoms with E-state index in [9.17, 15) is 5.02 Å². The van der Waals surface area contributed by atoms with Gasteiger partial charge < -0.3 is 5.02 Å². The molecule has 24 heavy (non-hydrogen) atoms. The summed E-state index contributed by atoms with van der Waals surface area (Å²) < 4.78 is 0. The van der Waals surface area contributed by atoms with Crippen LogP contribution in [0.3, 0.4) is 0 Å². The van der Waals surface area contributed by atoms with Crippen molar-refractivity contribution in [1.82, 2.24) is 0 Å². The minimum absolute atomic E-state index is 0.546. The van der Waals surface area contributed by atoms with Crippen molar-refractivity contribution in [2.24, 2.45) is 11.0 Å². The van der Waals surface area contributed by atoms with Crippen molar-refractivity contribution in [3.63, 3.8) is 0 Å². The van der Waals surface area contributed by atoms with Crippen molar-refractivity contribution in [2.45, 2.75) is 35.8 Å². The molecule has 1 aliphatic heterocycles. The van der Waals surface area contributed by atoms with Crippen molar-refractivity contribution >= 4 is 35.7 Å². The summed E-state index contributed by atoms with van der Waals surface area (Å²) in [6, 6.07) is 16.6. The number of anilines is 1. The molecular formula is C19H19BN2OS. The molecule has 5 rings (SSSR count). The smallest absolute Gasteiger partial charge is 0.427 e. The number of thioether (sulfide) groups is 1. The van der Waals surface area contributed by atoms with Gasteiger partial charge in [0.1, 0.15) is 0 Å². The summed E-state index contributed by atoms with van der Waals surface area (Å²) >= 11 is 1.94. The van der Waals surface area contributed by atoms with Gasteiger partial charge >= 0.3 is 7.05 Å². The lowest BCUT2D eigenvalue weighted by Crippen LogP contribution is -2.52. The molecule has 3 aliphatic rings. The van der Waals surface area contributed by atoms with Crippen LogP contribution in [0, 0.1) is 5.92 Å². The molecule has 2 aliphatic carbocycles. The van der Waals surface area contributed by atoms with Crippen molar-refractivity contribution < 1.29 is 5.02 Å². The molecule has 2 fully saturated rings. The molecule has 0 aromatic heterocycles. The average molecular weight is 334 g/mol. The second-order valence-electron chi connectivity index (χ2n) is 6.88. The van der Waals surface area contributed by atoms with Crippen molar-refractivity contribution in [1.29, 1.82) is 0 Å². The molecule has 1 heterocycles. The van der Waals surface area contributed by atoms with Gasteiger partial charge in [0.2, 0.25) is 0 Å². The molecule has 1 N–H and O–H groups in total. The first-order chi connectivity index (χ1) is 11.8. The first-order valence-electron chi connectivity index (χ1n) is 8.71. The van der Waals surface area contributed by atoms with E-state index in [2.05, 4.69) is 24.3 Å². The number of hydrogen-bond donors (Lipinski definition) is 1. The number of benzene rings is 2. The van der Waals surface area contributed by atoms with Crippen LogP contribution in [0.15, 0.2) is 58.5 Å². The van der Waals surface area contributed by atoms with Crippen molar-refractivity contribution in [3.8, 4) is 0 Å². The Bertz CT molecular complexity index is 817. The molecule has 0 unspecified atom stereocenters. The van der Waals surface area contributed by atoms with E-state index in [1.807, 2.05) is 36.0 Å². The first kappa shape index (κ1) is 14.6. The summed E-state index contributed by atoms with van der Waals surface area (Å²) in [5, 5.41) is 16.5. The maximum absolute atomic E-state index is 10.9. The summed E-state index contributed by atoms with van der Waals surface area (Å²) in [5.74, 6) is 0.546. The monoisotopic (exact) mass is 334 g/mol. The van der Waals surface area contributed by atoms with Gasteiger partial charge in [0, 0.05) is 21.8 Å². The van der Waals surface area contributed by atoms with Crippen LogP contribution < -0.4 is 10.4 Å². The summed E-state index contributed by atoms with van der Waals surface area (Å²) in [6.45, 7) is 0. The zero-order chi connectivity index (χ0) is 16.1.